The van der Waals surface area contributed by atoms with Gasteiger partial charge in [0.15, 0.2) is 12.4 Å². The van der Waals surface area contributed by atoms with Gasteiger partial charge in [-0.15, -0.1) is 0 Å². The number of carboxylic acid groups (broad SMARTS) is 1. The summed E-state index contributed by atoms with van der Waals surface area (Å²) in [5.74, 6) is -1.87. The second-order valence-corrected chi connectivity index (χ2v) is 3.34. The summed E-state index contributed by atoms with van der Waals surface area (Å²) in [5, 5.41) is 27.7. The minimum absolute atomic E-state index is 0. The molecule has 1 fully saturated rings. The van der Waals surface area contributed by atoms with E-state index >= 15 is 0 Å². The lowest BCUT2D eigenvalue weighted by atomic mass is 9.91. The van der Waals surface area contributed by atoms with Crippen LogP contribution in [0.4, 0.5) is 0 Å². The molecular formula is C9H18O6. The lowest BCUT2D eigenvalue weighted by molar-refractivity contribution is -0.273. The van der Waals surface area contributed by atoms with Crippen LogP contribution < -0.4 is 0 Å². The second-order valence-electron chi connectivity index (χ2n) is 3.34. The third-order valence-electron chi connectivity index (χ3n) is 2.42. The quantitative estimate of drug-likeness (QED) is 0.579. The monoisotopic (exact) mass is 222 g/mol. The first-order valence-corrected chi connectivity index (χ1v) is 4.26. The van der Waals surface area contributed by atoms with Crippen LogP contribution in [-0.2, 0) is 14.3 Å². The molecule has 0 bridgehead atoms. The number of rotatable bonds is 2. The molecule has 6 nitrogen and oxygen atoms in total. The van der Waals surface area contributed by atoms with Gasteiger partial charge >= 0.3 is 5.97 Å². The molecule has 0 aliphatic carbocycles. The predicted octanol–water partition coefficient (Wildman–Crippen LogP) is -0.564. The lowest BCUT2D eigenvalue weighted by Gasteiger charge is -2.38. The highest BCUT2D eigenvalue weighted by atomic mass is 16.7. The molecule has 90 valence electrons. The van der Waals surface area contributed by atoms with Gasteiger partial charge in [-0.3, -0.25) is 0 Å². The van der Waals surface area contributed by atoms with E-state index in [2.05, 4.69) is 0 Å². The summed E-state index contributed by atoms with van der Waals surface area (Å²) in [5.41, 5.74) is 0. The van der Waals surface area contributed by atoms with Gasteiger partial charge in [-0.1, -0.05) is 14.4 Å². The summed E-state index contributed by atoms with van der Waals surface area (Å²) < 4.78 is 9.63. The largest absolute Gasteiger partial charge is 0.479 e. The Morgan fingerprint density at radius 1 is 1.33 bits per heavy atom. The van der Waals surface area contributed by atoms with E-state index in [-0.39, 0.29) is 7.43 Å². The second kappa shape index (κ2) is 5.41. The van der Waals surface area contributed by atoms with Crippen molar-refractivity contribution in [3.63, 3.8) is 0 Å². The van der Waals surface area contributed by atoms with E-state index in [9.17, 15) is 15.0 Å². The number of carbonyl (C=O) groups is 1. The Bertz CT molecular complexity index is 217. The summed E-state index contributed by atoms with van der Waals surface area (Å²) in [7, 11) is 1.30. The zero-order chi connectivity index (χ0) is 10.9. The normalized spacial score (nSPS) is 40.7. The molecule has 0 spiro atoms. The van der Waals surface area contributed by atoms with Gasteiger partial charge in [0.25, 0.3) is 0 Å². The molecule has 1 aliphatic heterocycles. The molecule has 6 heteroatoms. The van der Waals surface area contributed by atoms with E-state index < -0.39 is 36.5 Å². The summed E-state index contributed by atoms with van der Waals surface area (Å²) in [6.07, 6.45) is -4.60. The SMILES string of the molecule is C.COC1OC(C(=O)O)C(O)C(C)C1O. The van der Waals surface area contributed by atoms with Crippen molar-refractivity contribution in [1.29, 1.82) is 0 Å². The van der Waals surface area contributed by atoms with Gasteiger partial charge in [0.2, 0.25) is 0 Å². The Hall–Kier alpha value is -0.690. The Morgan fingerprint density at radius 3 is 2.27 bits per heavy atom. The molecule has 1 heterocycles. The number of methoxy groups -OCH3 is 1. The lowest BCUT2D eigenvalue weighted by Crippen LogP contribution is -2.56. The molecule has 15 heavy (non-hydrogen) atoms. The van der Waals surface area contributed by atoms with Crippen molar-refractivity contribution in [3.8, 4) is 0 Å². The van der Waals surface area contributed by atoms with Crippen molar-refractivity contribution >= 4 is 5.97 Å². The topological polar surface area (TPSA) is 96.2 Å². The van der Waals surface area contributed by atoms with Gasteiger partial charge in [-0.2, -0.15) is 0 Å². The fourth-order valence-corrected chi connectivity index (χ4v) is 1.43. The van der Waals surface area contributed by atoms with Gasteiger partial charge in [0.05, 0.1) is 6.10 Å². The molecule has 0 aromatic heterocycles. The van der Waals surface area contributed by atoms with E-state index in [4.69, 9.17) is 14.6 Å². The van der Waals surface area contributed by atoms with E-state index in [1.807, 2.05) is 0 Å². The first-order chi connectivity index (χ1) is 6.49. The Labute approximate surface area is 88.4 Å². The molecule has 0 aromatic rings. The van der Waals surface area contributed by atoms with Crippen molar-refractivity contribution in [3.05, 3.63) is 0 Å². The fraction of sp³-hybridized carbons (Fsp3) is 0.889. The van der Waals surface area contributed by atoms with Gasteiger partial charge in [-0.25, -0.2) is 4.79 Å². The Morgan fingerprint density at radius 2 is 1.87 bits per heavy atom. The molecule has 5 atom stereocenters. The van der Waals surface area contributed by atoms with Crippen LogP contribution in [0, 0.1) is 5.92 Å². The van der Waals surface area contributed by atoms with Crippen LogP contribution in [0.5, 0.6) is 0 Å². The van der Waals surface area contributed by atoms with Crippen LogP contribution in [0.25, 0.3) is 0 Å². The smallest absolute Gasteiger partial charge is 0.335 e. The Kier molecular flexibility index (Phi) is 5.16. The van der Waals surface area contributed by atoms with Crippen LogP contribution in [-0.4, -0.2) is 53.0 Å². The van der Waals surface area contributed by atoms with Crippen LogP contribution >= 0.6 is 0 Å². The van der Waals surface area contributed by atoms with E-state index in [1.54, 1.807) is 6.92 Å². The zero-order valence-electron chi connectivity index (χ0n) is 7.95. The minimum atomic E-state index is -1.35. The number of ether oxygens (including phenoxy) is 2. The number of carboxylic acids is 1. The highest BCUT2D eigenvalue weighted by Crippen LogP contribution is 2.26. The summed E-state index contributed by atoms with van der Waals surface area (Å²) in [4.78, 5) is 10.7. The summed E-state index contributed by atoms with van der Waals surface area (Å²) in [6.45, 7) is 1.54. The number of aliphatic carboxylic acids is 1. The Balaban J connectivity index is 0.00000196. The molecule has 0 amide bonds. The highest BCUT2D eigenvalue weighted by molar-refractivity contribution is 5.73. The van der Waals surface area contributed by atoms with Crippen molar-refractivity contribution in [2.45, 2.75) is 39.0 Å². The molecule has 1 saturated heterocycles. The van der Waals surface area contributed by atoms with Crippen molar-refractivity contribution in [1.82, 2.24) is 0 Å². The first-order valence-electron chi connectivity index (χ1n) is 4.26. The average molecular weight is 222 g/mol. The van der Waals surface area contributed by atoms with Gasteiger partial charge in [-0.05, 0) is 0 Å². The molecule has 0 aromatic carbocycles. The van der Waals surface area contributed by atoms with E-state index in [0.717, 1.165) is 0 Å². The van der Waals surface area contributed by atoms with Gasteiger partial charge < -0.3 is 24.8 Å². The number of aliphatic hydroxyl groups is 2. The van der Waals surface area contributed by atoms with Crippen LogP contribution in [0.2, 0.25) is 0 Å². The van der Waals surface area contributed by atoms with E-state index in [0.29, 0.717) is 0 Å². The maximum Gasteiger partial charge on any atom is 0.335 e. The third kappa shape index (κ3) is 2.66. The molecule has 1 aliphatic rings. The number of hydrogen-bond acceptors (Lipinski definition) is 5. The highest BCUT2D eigenvalue weighted by Gasteiger charge is 2.45. The summed E-state index contributed by atoms with van der Waals surface area (Å²) in [6, 6.07) is 0. The maximum atomic E-state index is 10.7. The molecule has 0 saturated carbocycles. The minimum Gasteiger partial charge on any atom is -0.479 e. The molecular weight excluding hydrogens is 204 g/mol. The molecule has 5 unspecified atom stereocenters. The van der Waals surface area contributed by atoms with Crippen molar-refractivity contribution in [2.75, 3.05) is 7.11 Å². The number of hydrogen-bond donors (Lipinski definition) is 3. The number of aliphatic hydroxyl groups excluding tert-OH is 2. The van der Waals surface area contributed by atoms with Gasteiger partial charge in [0.1, 0.15) is 6.10 Å². The van der Waals surface area contributed by atoms with Crippen LogP contribution in [0.3, 0.4) is 0 Å². The maximum absolute atomic E-state index is 10.7. The predicted molar refractivity (Wildman–Crippen MR) is 51.2 cm³/mol. The van der Waals surface area contributed by atoms with Crippen LogP contribution in [0.1, 0.15) is 14.4 Å². The van der Waals surface area contributed by atoms with Crippen LogP contribution in [0.15, 0.2) is 0 Å². The standard InChI is InChI=1S/C8H14O6.CH4/c1-3-4(9)6(7(11)12)14-8(13-2)5(3)10;/h3-6,8-10H,1-2H3,(H,11,12);1H4. The van der Waals surface area contributed by atoms with Crippen molar-refractivity contribution in [2.24, 2.45) is 5.92 Å². The average Bonchev–Trinajstić information content (AvgIpc) is 2.14. The van der Waals surface area contributed by atoms with Gasteiger partial charge in [0, 0.05) is 13.0 Å². The molecule has 3 N–H and O–H groups in total. The first kappa shape index (κ1) is 14.3. The summed E-state index contributed by atoms with van der Waals surface area (Å²) >= 11 is 0. The fourth-order valence-electron chi connectivity index (χ4n) is 1.43. The molecule has 0 radical (unpaired) electrons. The molecule has 1 rings (SSSR count). The third-order valence-corrected chi connectivity index (χ3v) is 2.42. The van der Waals surface area contributed by atoms with Crippen molar-refractivity contribution < 1.29 is 29.6 Å². The van der Waals surface area contributed by atoms with E-state index in [1.165, 1.54) is 7.11 Å². The zero-order valence-corrected chi connectivity index (χ0v) is 7.95.